The highest BCUT2D eigenvalue weighted by Crippen LogP contribution is 2.37. The molecule has 2 aromatic carbocycles. The first kappa shape index (κ1) is 17.7. The normalized spacial score (nSPS) is 15.5. The molecule has 0 amide bonds. The standard InChI is InChI=1S/C15H13F3N4O4/c16-15(17,18)8-1-2-9(10(7-8)22(25)26)20-3-5-21(6-4-20)12-11(19)13(23)14(12)24/h1-2,7H,3-6,19H2. The summed E-state index contributed by atoms with van der Waals surface area (Å²) < 4.78 is 38.3. The SMILES string of the molecule is Nc1c(N2CCN(c3ccc(C(F)(F)F)cc3[N+](=O)[O-])CC2)c(=O)c1=O. The Morgan fingerprint density at radius 3 is 2.12 bits per heavy atom. The van der Waals surface area contributed by atoms with Crippen LogP contribution in [0, 0.1) is 10.1 Å². The van der Waals surface area contributed by atoms with Crippen molar-refractivity contribution in [3.63, 3.8) is 0 Å². The first-order chi connectivity index (χ1) is 12.1. The van der Waals surface area contributed by atoms with E-state index in [-0.39, 0.29) is 43.2 Å². The number of benzene rings is 1. The summed E-state index contributed by atoms with van der Waals surface area (Å²) in [7, 11) is 0. The van der Waals surface area contributed by atoms with Gasteiger partial charge in [0.25, 0.3) is 16.5 Å². The maximum absolute atomic E-state index is 12.8. The Kier molecular flexibility index (Phi) is 4.09. The average molecular weight is 370 g/mol. The van der Waals surface area contributed by atoms with Crippen LogP contribution in [-0.2, 0) is 6.18 Å². The lowest BCUT2D eigenvalue weighted by molar-refractivity contribution is -0.384. The van der Waals surface area contributed by atoms with E-state index in [9.17, 15) is 32.9 Å². The number of anilines is 3. The molecule has 11 heteroatoms. The topological polar surface area (TPSA) is 110 Å². The Morgan fingerprint density at radius 1 is 1.04 bits per heavy atom. The molecule has 1 heterocycles. The van der Waals surface area contributed by atoms with Crippen LogP contribution in [0.25, 0.3) is 0 Å². The molecule has 2 aromatic rings. The molecule has 0 aliphatic carbocycles. The van der Waals surface area contributed by atoms with Crippen LogP contribution >= 0.6 is 0 Å². The highest BCUT2D eigenvalue weighted by atomic mass is 19.4. The molecule has 2 N–H and O–H groups in total. The molecule has 138 valence electrons. The van der Waals surface area contributed by atoms with Crippen molar-refractivity contribution in [2.24, 2.45) is 0 Å². The van der Waals surface area contributed by atoms with Gasteiger partial charge < -0.3 is 15.5 Å². The molecule has 0 aromatic heterocycles. The van der Waals surface area contributed by atoms with Gasteiger partial charge in [-0.25, -0.2) is 0 Å². The number of halogens is 3. The average Bonchev–Trinajstić information content (AvgIpc) is 2.61. The van der Waals surface area contributed by atoms with Crippen LogP contribution in [0.5, 0.6) is 0 Å². The molecule has 0 bridgehead atoms. The minimum Gasteiger partial charge on any atom is -0.394 e. The van der Waals surface area contributed by atoms with Gasteiger partial charge in [-0.2, -0.15) is 13.2 Å². The number of nitrogens with two attached hydrogens (primary N) is 1. The monoisotopic (exact) mass is 370 g/mol. The summed E-state index contributed by atoms with van der Waals surface area (Å²) in [5.41, 5.74) is 2.47. The van der Waals surface area contributed by atoms with E-state index in [0.29, 0.717) is 6.07 Å². The minimum absolute atomic E-state index is 0.0700. The second kappa shape index (κ2) is 6.00. The molecule has 0 atom stereocenters. The molecule has 3 rings (SSSR count). The molecule has 0 saturated carbocycles. The van der Waals surface area contributed by atoms with Crippen LogP contribution in [0.15, 0.2) is 27.8 Å². The van der Waals surface area contributed by atoms with Crippen LogP contribution in [0.1, 0.15) is 5.56 Å². The molecule has 0 radical (unpaired) electrons. The molecule has 1 fully saturated rings. The predicted molar refractivity (Wildman–Crippen MR) is 88.3 cm³/mol. The highest BCUT2D eigenvalue weighted by Gasteiger charge is 2.34. The maximum Gasteiger partial charge on any atom is 0.416 e. The number of hydrogen-bond acceptors (Lipinski definition) is 7. The van der Waals surface area contributed by atoms with Gasteiger partial charge in [0.15, 0.2) is 0 Å². The number of alkyl halides is 3. The summed E-state index contributed by atoms with van der Waals surface area (Å²) in [6.07, 6.45) is -4.68. The van der Waals surface area contributed by atoms with Crippen LogP contribution in [0.4, 0.5) is 35.9 Å². The number of rotatable bonds is 3. The minimum atomic E-state index is -4.68. The third-order valence-corrected chi connectivity index (χ3v) is 4.36. The Hall–Kier alpha value is -3.11. The first-order valence-corrected chi connectivity index (χ1v) is 7.55. The third-order valence-electron chi connectivity index (χ3n) is 4.36. The second-order valence-electron chi connectivity index (χ2n) is 5.85. The number of nitro benzene ring substituents is 1. The van der Waals surface area contributed by atoms with Crippen LogP contribution < -0.4 is 26.4 Å². The third kappa shape index (κ3) is 2.85. The van der Waals surface area contributed by atoms with E-state index in [1.807, 2.05) is 0 Å². The fourth-order valence-electron chi connectivity index (χ4n) is 3.00. The summed E-state index contributed by atoms with van der Waals surface area (Å²) in [5.74, 6) is 0. The van der Waals surface area contributed by atoms with Crippen molar-refractivity contribution in [1.29, 1.82) is 0 Å². The Balaban J connectivity index is 1.82. The van der Waals surface area contributed by atoms with Gasteiger partial charge in [0, 0.05) is 32.2 Å². The lowest BCUT2D eigenvalue weighted by Gasteiger charge is -2.37. The van der Waals surface area contributed by atoms with Crippen molar-refractivity contribution in [1.82, 2.24) is 0 Å². The van der Waals surface area contributed by atoms with Crippen molar-refractivity contribution in [2.45, 2.75) is 6.18 Å². The summed E-state index contributed by atoms with van der Waals surface area (Å²) in [6.45, 7) is 0.968. The molecule has 8 nitrogen and oxygen atoms in total. The largest absolute Gasteiger partial charge is 0.416 e. The van der Waals surface area contributed by atoms with Crippen molar-refractivity contribution in [2.75, 3.05) is 41.7 Å². The Bertz CT molecular complexity index is 941. The Labute approximate surface area is 144 Å². The van der Waals surface area contributed by atoms with Gasteiger partial charge in [-0.3, -0.25) is 19.7 Å². The van der Waals surface area contributed by atoms with Gasteiger partial charge >= 0.3 is 6.18 Å². The van der Waals surface area contributed by atoms with E-state index in [0.717, 1.165) is 12.1 Å². The fraction of sp³-hybridized carbons (Fsp3) is 0.333. The van der Waals surface area contributed by atoms with Gasteiger partial charge in [-0.1, -0.05) is 0 Å². The van der Waals surface area contributed by atoms with Gasteiger partial charge in [0.2, 0.25) is 0 Å². The summed E-state index contributed by atoms with van der Waals surface area (Å²) in [4.78, 5) is 36.3. The van der Waals surface area contributed by atoms with Gasteiger partial charge in [0.1, 0.15) is 17.1 Å². The lowest BCUT2D eigenvalue weighted by atomic mass is 10.1. The second-order valence-corrected chi connectivity index (χ2v) is 5.85. The van der Waals surface area contributed by atoms with Crippen molar-refractivity contribution >= 4 is 22.7 Å². The maximum atomic E-state index is 12.8. The van der Waals surface area contributed by atoms with E-state index in [4.69, 9.17) is 5.73 Å². The highest BCUT2D eigenvalue weighted by molar-refractivity contribution is 5.73. The molecule has 1 aliphatic heterocycles. The zero-order valence-electron chi connectivity index (χ0n) is 13.2. The molecular formula is C15H13F3N4O4. The van der Waals surface area contributed by atoms with Crippen LogP contribution in [0.3, 0.4) is 0 Å². The fourth-order valence-corrected chi connectivity index (χ4v) is 3.00. The smallest absolute Gasteiger partial charge is 0.394 e. The number of nitrogen functional groups attached to an aromatic ring is 1. The van der Waals surface area contributed by atoms with Crippen LogP contribution in [-0.4, -0.2) is 31.1 Å². The first-order valence-electron chi connectivity index (χ1n) is 7.55. The van der Waals surface area contributed by atoms with E-state index in [1.165, 1.54) is 0 Å². The van der Waals surface area contributed by atoms with Crippen LogP contribution in [0.2, 0.25) is 0 Å². The van der Waals surface area contributed by atoms with Crippen molar-refractivity contribution < 1.29 is 18.1 Å². The number of piperazine rings is 1. The zero-order valence-corrected chi connectivity index (χ0v) is 13.2. The van der Waals surface area contributed by atoms with Crippen molar-refractivity contribution in [3.05, 3.63) is 54.3 Å². The molecule has 0 unspecified atom stereocenters. The number of hydrogen-bond donors (Lipinski definition) is 1. The van der Waals surface area contributed by atoms with Gasteiger partial charge in [0.05, 0.1) is 10.5 Å². The summed E-state index contributed by atoms with van der Waals surface area (Å²) in [6, 6.07) is 2.38. The summed E-state index contributed by atoms with van der Waals surface area (Å²) >= 11 is 0. The number of nitro groups is 1. The molecule has 0 spiro atoms. The molecular weight excluding hydrogens is 357 g/mol. The lowest BCUT2D eigenvalue weighted by Crippen LogP contribution is -2.51. The zero-order chi connectivity index (χ0) is 19.2. The molecule has 1 aliphatic rings. The summed E-state index contributed by atoms with van der Waals surface area (Å²) in [5, 5.41) is 11.2. The van der Waals surface area contributed by atoms with Crippen molar-refractivity contribution in [3.8, 4) is 0 Å². The van der Waals surface area contributed by atoms with E-state index in [2.05, 4.69) is 0 Å². The van der Waals surface area contributed by atoms with E-state index < -0.39 is 33.2 Å². The van der Waals surface area contributed by atoms with E-state index in [1.54, 1.807) is 9.80 Å². The number of nitrogens with zero attached hydrogens (tertiary/aromatic N) is 3. The quantitative estimate of drug-likeness (QED) is 0.490. The predicted octanol–water partition coefficient (Wildman–Crippen LogP) is 1.12. The van der Waals surface area contributed by atoms with Gasteiger partial charge in [-0.15, -0.1) is 0 Å². The van der Waals surface area contributed by atoms with Gasteiger partial charge in [-0.05, 0) is 12.1 Å². The van der Waals surface area contributed by atoms with E-state index >= 15 is 0 Å². The molecule has 1 saturated heterocycles. The Morgan fingerprint density at radius 2 is 1.62 bits per heavy atom. The molecule has 26 heavy (non-hydrogen) atoms.